The number of benzene rings is 1. The van der Waals surface area contributed by atoms with Crippen molar-refractivity contribution in [3.8, 4) is 5.75 Å². The van der Waals surface area contributed by atoms with Crippen LogP contribution in [0.3, 0.4) is 0 Å². The average molecular weight is 264 g/mol. The van der Waals surface area contributed by atoms with E-state index in [9.17, 15) is 4.79 Å². The van der Waals surface area contributed by atoms with Crippen molar-refractivity contribution in [1.82, 2.24) is 4.90 Å². The van der Waals surface area contributed by atoms with E-state index in [1.165, 1.54) is 0 Å². The molecule has 1 aromatic carbocycles. The molecule has 0 radical (unpaired) electrons. The molecule has 1 amide bonds. The predicted molar refractivity (Wildman–Crippen MR) is 76.9 cm³/mol. The van der Waals surface area contributed by atoms with E-state index in [-0.39, 0.29) is 18.1 Å². The van der Waals surface area contributed by atoms with Crippen molar-refractivity contribution in [2.45, 2.75) is 45.9 Å². The third-order valence-corrected chi connectivity index (χ3v) is 2.61. The highest BCUT2D eigenvalue weighted by Crippen LogP contribution is 2.16. The van der Waals surface area contributed by atoms with Crippen molar-refractivity contribution < 1.29 is 9.53 Å². The van der Waals surface area contributed by atoms with Crippen LogP contribution < -0.4 is 10.5 Å². The summed E-state index contributed by atoms with van der Waals surface area (Å²) in [6, 6.07) is 7.72. The Hall–Kier alpha value is -1.55. The van der Waals surface area contributed by atoms with Gasteiger partial charge < -0.3 is 15.4 Å². The van der Waals surface area contributed by atoms with Gasteiger partial charge in [-0.1, -0.05) is 12.1 Å². The molecule has 2 N–H and O–H groups in total. The van der Waals surface area contributed by atoms with E-state index in [4.69, 9.17) is 10.5 Å². The van der Waals surface area contributed by atoms with Gasteiger partial charge in [0.2, 0.25) is 5.91 Å². The lowest BCUT2D eigenvalue weighted by molar-refractivity contribution is -0.130. The van der Waals surface area contributed by atoms with Crippen LogP contribution >= 0.6 is 0 Å². The fraction of sp³-hybridized carbons (Fsp3) is 0.533. The average Bonchev–Trinajstić information content (AvgIpc) is 2.27. The highest BCUT2D eigenvalue weighted by Gasteiger charge is 2.11. The van der Waals surface area contributed by atoms with Crippen LogP contribution in [0.1, 0.15) is 32.8 Å². The van der Waals surface area contributed by atoms with E-state index in [1.807, 2.05) is 45.0 Å². The van der Waals surface area contributed by atoms with Crippen molar-refractivity contribution in [3.05, 3.63) is 29.8 Å². The van der Waals surface area contributed by atoms with E-state index in [2.05, 4.69) is 0 Å². The molecule has 19 heavy (non-hydrogen) atoms. The van der Waals surface area contributed by atoms with Crippen molar-refractivity contribution in [2.75, 3.05) is 7.05 Å². The number of amides is 1. The smallest absolute Gasteiger partial charge is 0.224 e. The molecule has 0 aliphatic heterocycles. The Balaban J connectivity index is 2.63. The molecule has 1 aromatic rings. The molecule has 1 atom stereocenters. The summed E-state index contributed by atoms with van der Waals surface area (Å²) in [5, 5.41) is 0. The van der Waals surface area contributed by atoms with Crippen molar-refractivity contribution in [3.63, 3.8) is 0 Å². The molecule has 4 nitrogen and oxygen atoms in total. The number of hydrogen-bond acceptors (Lipinski definition) is 3. The van der Waals surface area contributed by atoms with E-state index >= 15 is 0 Å². The van der Waals surface area contributed by atoms with Crippen molar-refractivity contribution in [2.24, 2.45) is 5.73 Å². The van der Waals surface area contributed by atoms with Gasteiger partial charge >= 0.3 is 0 Å². The fourth-order valence-corrected chi connectivity index (χ4v) is 1.78. The standard InChI is InChI=1S/C15H24N2O2/c1-11(2)19-14-7-5-6-13(9-14)10-17(4)15(18)8-12(3)16/h5-7,9,11-12H,8,10,16H2,1-4H3. The third kappa shape index (κ3) is 5.75. The molecule has 106 valence electrons. The first kappa shape index (κ1) is 15.5. The zero-order chi connectivity index (χ0) is 14.4. The van der Waals surface area contributed by atoms with Crippen LogP contribution in [-0.2, 0) is 11.3 Å². The largest absolute Gasteiger partial charge is 0.491 e. The van der Waals surface area contributed by atoms with Gasteiger partial charge in [0.1, 0.15) is 5.75 Å². The quantitative estimate of drug-likeness (QED) is 0.856. The van der Waals surface area contributed by atoms with Crippen molar-refractivity contribution in [1.29, 1.82) is 0 Å². The number of carbonyl (C=O) groups excluding carboxylic acids is 1. The molecule has 0 heterocycles. The fourth-order valence-electron chi connectivity index (χ4n) is 1.78. The maximum Gasteiger partial charge on any atom is 0.224 e. The first-order valence-electron chi connectivity index (χ1n) is 6.63. The van der Waals surface area contributed by atoms with E-state index in [0.717, 1.165) is 11.3 Å². The first-order chi connectivity index (χ1) is 8.88. The zero-order valence-electron chi connectivity index (χ0n) is 12.2. The van der Waals surface area contributed by atoms with Gasteiger partial charge in [0, 0.05) is 26.1 Å². The Morgan fingerprint density at radius 1 is 1.37 bits per heavy atom. The topological polar surface area (TPSA) is 55.6 Å². The monoisotopic (exact) mass is 264 g/mol. The molecular formula is C15H24N2O2. The van der Waals surface area contributed by atoms with E-state index in [1.54, 1.807) is 11.9 Å². The molecule has 0 aliphatic carbocycles. The van der Waals surface area contributed by atoms with Crippen LogP contribution in [0.2, 0.25) is 0 Å². The Kier molecular flexibility index (Phi) is 5.83. The summed E-state index contributed by atoms with van der Waals surface area (Å²) in [5.41, 5.74) is 6.69. The van der Waals surface area contributed by atoms with Crippen LogP contribution in [0.25, 0.3) is 0 Å². The number of nitrogens with zero attached hydrogens (tertiary/aromatic N) is 1. The van der Waals surface area contributed by atoms with E-state index in [0.29, 0.717) is 13.0 Å². The maximum absolute atomic E-state index is 11.8. The summed E-state index contributed by atoms with van der Waals surface area (Å²) in [7, 11) is 1.79. The molecule has 1 rings (SSSR count). The lowest BCUT2D eigenvalue weighted by atomic mass is 10.2. The van der Waals surface area contributed by atoms with Crippen LogP contribution in [0.4, 0.5) is 0 Å². The Morgan fingerprint density at radius 2 is 2.05 bits per heavy atom. The molecule has 1 unspecified atom stereocenters. The minimum absolute atomic E-state index is 0.0604. The van der Waals surface area contributed by atoms with Crippen LogP contribution in [0, 0.1) is 0 Å². The molecular weight excluding hydrogens is 240 g/mol. The van der Waals surface area contributed by atoms with Gasteiger partial charge in [-0.15, -0.1) is 0 Å². The van der Waals surface area contributed by atoms with Gasteiger partial charge in [0.25, 0.3) is 0 Å². The van der Waals surface area contributed by atoms with Gasteiger partial charge in [-0.25, -0.2) is 0 Å². The molecule has 0 aliphatic rings. The Morgan fingerprint density at radius 3 is 2.63 bits per heavy atom. The van der Waals surface area contributed by atoms with Crippen LogP contribution in [0.5, 0.6) is 5.75 Å². The minimum atomic E-state index is -0.106. The van der Waals surface area contributed by atoms with E-state index < -0.39 is 0 Å². The highest BCUT2D eigenvalue weighted by atomic mass is 16.5. The zero-order valence-corrected chi connectivity index (χ0v) is 12.2. The maximum atomic E-state index is 11.8. The van der Waals surface area contributed by atoms with Gasteiger partial charge in [0.15, 0.2) is 0 Å². The molecule has 0 fully saturated rings. The number of hydrogen-bond donors (Lipinski definition) is 1. The molecule has 0 spiro atoms. The van der Waals surface area contributed by atoms with Crippen LogP contribution in [0.15, 0.2) is 24.3 Å². The molecule has 4 heteroatoms. The summed E-state index contributed by atoms with van der Waals surface area (Å²) in [4.78, 5) is 13.5. The van der Waals surface area contributed by atoms with Crippen LogP contribution in [-0.4, -0.2) is 30.0 Å². The second kappa shape index (κ2) is 7.14. The SMILES string of the molecule is CC(N)CC(=O)N(C)Cc1cccc(OC(C)C)c1. The lowest BCUT2D eigenvalue weighted by Crippen LogP contribution is -2.31. The predicted octanol–water partition coefficient (Wildman–Crippen LogP) is 2.17. The highest BCUT2D eigenvalue weighted by molar-refractivity contribution is 5.76. The van der Waals surface area contributed by atoms with Gasteiger partial charge in [0.05, 0.1) is 6.10 Å². The normalized spacial score (nSPS) is 12.3. The minimum Gasteiger partial charge on any atom is -0.491 e. The first-order valence-corrected chi connectivity index (χ1v) is 6.63. The molecule has 0 saturated carbocycles. The lowest BCUT2D eigenvalue weighted by Gasteiger charge is -2.19. The molecule has 0 aromatic heterocycles. The van der Waals surface area contributed by atoms with Gasteiger partial charge in [-0.05, 0) is 38.5 Å². The summed E-state index contributed by atoms with van der Waals surface area (Å²) in [5.74, 6) is 0.894. The van der Waals surface area contributed by atoms with Gasteiger partial charge in [-0.2, -0.15) is 0 Å². The number of carbonyl (C=O) groups is 1. The summed E-state index contributed by atoms with van der Waals surface area (Å²) < 4.78 is 5.64. The Labute approximate surface area is 115 Å². The number of ether oxygens (including phenoxy) is 1. The summed E-state index contributed by atoms with van der Waals surface area (Å²) in [6.07, 6.45) is 0.520. The summed E-state index contributed by atoms with van der Waals surface area (Å²) >= 11 is 0. The van der Waals surface area contributed by atoms with Gasteiger partial charge in [-0.3, -0.25) is 4.79 Å². The molecule has 0 bridgehead atoms. The third-order valence-electron chi connectivity index (χ3n) is 2.61. The van der Waals surface area contributed by atoms with Crippen molar-refractivity contribution >= 4 is 5.91 Å². The second-order valence-electron chi connectivity index (χ2n) is 5.25. The number of nitrogens with two attached hydrogens (primary N) is 1. The Bertz CT molecular complexity index is 416. The second-order valence-corrected chi connectivity index (χ2v) is 5.25. The summed E-state index contributed by atoms with van der Waals surface area (Å²) in [6.45, 7) is 6.39. The number of rotatable bonds is 6. The molecule has 0 saturated heterocycles.